The van der Waals surface area contributed by atoms with Crippen LogP contribution in [0, 0.1) is 0 Å². The van der Waals surface area contributed by atoms with E-state index in [-0.39, 0.29) is 5.56 Å². The molecular formula is C12H13F2NO. The van der Waals surface area contributed by atoms with Crippen molar-refractivity contribution in [3.8, 4) is 5.75 Å². The third kappa shape index (κ3) is 1.87. The van der Waals surface area contributed by atoms with E-state index in [0.29, 0.717) is 12.3 Å². The predicted molar refractivity (Wildman–Crippen MR) is 57.5 cm³/mol. The molecule has 1 aromatic rings. The molecule has 0 unspecified atom stereocenters. The Bertz CT molecular complexity index is 429. The van der Waals surface area contributed by atoms with Gasteiger partial charge in [-0.3, -0.25) is 0 Å². The molecule has 0 fully saturated rings. The standard InChI is InChI=1S/C12H13F2NO/c1-8(2)15-6-9-4-3-5-10-11(9)16-7-12(10,13)14/h3-5,15H,1,6-7H2,2H3. The van der Waals surface area contributed by atoms with E-state index in [0.717, 1.165) is 11.3 Å². The summed E-state index contributed by atoms with van der Waals surface area (Å²) in [6, 6.07) is 4.81. The number of para-hydroxylation sites is 1. The average molecular weight is 225 g/mol. The first-order chi connectivity index (χ1) is 7.50. The Morgan fingerprint density at radius 3 is 3.00 bits per heavy atom. The number of rotatable bonds is 3. The van der Waals surface area contributed by atoms with Crippen LogP contribution in [0.2, 0.25) is 0 Å². The minimum atomic E-state index is -2.87. The van der Waals surface area contributed by atoms with E-state index in [1.165, 1.54) is 6.07 Å². The Hall–Kier alpha value is -1.58. The average Bonchev–Trinajstić information content (AvgIpc) is 2.53. The summed E-state index contributed by atoms with van der Waals surface area (Å²) in [6.45, 7) is 5.40. The third-order valence-corrected chi connectivity index (χ3v) is 2.47. The largest absolute Gasteiger partial charge is 0.486 e. The molecule has 1 N–H and O–H groups in total. The second-order valence-corrected chi connectivity index (χ2v) is 3.92. The zero-order valence-corrected chi connectivity index (χ0v) is 9.02. The van der Waals surface area contributed by atoms with Crippen molar-refractivity contribution in [2.24, 2.45) is 0 Å². The van der Waals surface area contributed by atoms with E-state index in [2.05, 4.69) is 11.9 Å². The van der Waals surface area contributed by atoms with Gasteiger partial charge in [0.05, 0.1) is 5.56 Å². The van der Waals surface area contributed by atoms with Gasteiger partial charge in [-0.25, -0.2) is 0 Å². The summed E-state index contributed by atoms with van der Waals surface area (Å²) in [4.78, 5) is 0. The summed E-state index contributed by atoms with van der Waals surface area (Å²) >= 11 is 0. The minimum Gasteiger partial charge on any atom is -0.486 e. The van der Waals surface area contributed by atoms with Crippen molar-refractivity contribution in [2.45, 2.75) is 19.4 Å². The molecule has 0 bridgehead atoms. The predicted octanol–water partition coefficient (Wildman–Crippen LogP) is 2.79. The number of benzene rings is 1. The number of hydrogen-bond donors (Lipinski definition) is 1. The summed E-state index contributed by atoms with van der Waals surface area (Å²) in [5.41, 5.74) is 1.51. The molecule has 0 aliphatic carbocycles. The second-order valence-electron chi connectivity index (χ2n) is 3.92. The van der Waals surface area contributed by atoms with Crippen LogP contribution >= 0.6 is 0 Å². The van der Waals surface area contributed by atoms with Gasteiger partial charge in [0.1, 0.15) is 5.75 Å². The van der Waals surface area contributed by atoms with Crippen molar-refractivity contribution in [3.63, 3.8) is 0 Å². The summed E-state index contributed by atoms with van der Waals surface area (Å²) in [7, 11) is 0. The summed E-state index contributed by atoms with van der Waals surface area (Å²) in [5.74, 6) is -2.56. The van der Waals surface area contributed by atoms with Crippen molar-refractivity contribution < 1.29 is 13.5 Å². The highest BCUT2D eigenvalue weighted by Gasteiger charge is 2.42. The Morgan fingerprint density at radius 1 is 1.56 bits per heavy atom. The first kappa shape index (κ1) is 10.9. The molecule has 1 aliphatic heterocycles. The molecule has 0 saturated heterocycles. The van der Waals surface area contributed by atoms with Gasteiger partial charge in [0.15, 0.2) is 6.61 Å². The quantitative estimate of drug-likeness (QED) is 0.854. The van der Waals surface area contributed by atoms with Crippen molar-refractivity contribution >= 4 is 0 Å². The molecule has 0 atom stereocenters. The molecule has 2 rings (SSSR count). The van der Waals surface area contributed by atoms with Crippen LogP contribution < -0.4 is 10.1 Å². The number of nitrogens with one attached hydrogen (secondary N) is 1. The highest BCUT2D eigenvalue weighted by Crippen LogP contribution is 2.42. The zero-order chi connectivity index (χ0) is 11.8. The fourth-order valence-electron chi connectivity index (χ4n) is 1.67. The number of alkyl halides is 2. The van der Waals surface area contributed by atoms with Crippen LogP contribution in [0.25, 0.3) is 0 Å². The van der Waals surface area contributed by atoms with Crippen LogP contribution in [-0.2, 0) is 12.5 Å². The van der Waals surface area contributed by atoms with Gasteiger partial charge >= 0.3 is 5.92 Å². The van der Waals surface area contributed by atoms with Gasteiger partial charge in [-0.1, -0.05) is 18.7 Å². The lowest BCUT2D eigenvalue weighted by molar-refractivity contribution is -0.0214. The van der Waals surface area contributed by atoms with Gasteiger partial charge < -0.3 is 10.1 Å². The van der Waals surface area contributed by atoms with Crippen LogP contribution in [0.1, 0.15) is 18.1 Å². The molecule has 0 amide bonds. The van der Waals surface area contributed by atoms with Crippen molar-refractivity contribution in [2.75, 3.05) is 6.61 Å². The summed E-state index contributed by atoms with van der Waals surface area (Å²) in [5, 5.41) is 3.00. The van der Waals surface area contributed by atoms with E-state index < -0.39 is 12.5 Å². The van der Waals surface area contributed by atoms with Crippen LogP contribution in [-0.4, -0.2) is 6.61 Å². The molecule has 4 heteroatoms. The van der Waals surface area contributed by atoms with Crippen molar-refractivity contribution in [3.05, 3.63) is 41.6 Å². The minimum absolute atomic E-state index is 0.0199. The van der Waals surface area contributed by atoms with Crippen molar-refractivity contribution in [1.29, 1.82) is 0 Å². The lowest BCUT2D eigenvalue weighted by atomic mass is 10.1. The maximum atomic E-state index is 13.4. The number of fused-ring (bicyclic) bond motifs is 1. The fourth-order valence-corrected chi connectivity index (χ4v) is 1.67. The Morgan fingerprint density at radius 2 is 2.31 bits per heavy atom. The fraction of sp³-hybridized carbons (Fsp3) is 0.333. The first-order valence-electron chi connectivity index (χ1n) is 5.03. The van der Waals surface area contributed by atoms with Gasteiger partial charge in [0.25, 0.3) is 0 Å². The van der Waals surface area contributed by atoms with E-state index in [4.69, 9.17) is 4.74 Å². The Labute approximate surface area is 92.9 Å². The van der Waals surface area contributed by atoms with Crippen LogP contribution in [0.5, 0.6) is 5.75 Å². The van der Waals surface area contributed by atoms with Crippen LogP contribution in [0.15, 0.2) is 30.5 Å². The monoisotopic (exact) mass is 225 g/mol. The smallest absolute Gasteiger partial charge is 0.310 e. The Balaban J connectivity index is 2.29. The molecule has 2 nitrogen and oxygen atoms in total. The normalized spacial score (nSPS) is 16.4. The molecule has 1 heterocycles. The molecule has 1 aromatic carbocycles. The molecule has 86 valence electrons. The topological polar surface area (TPSA) is 21.3 Å². The van der Waals surface area contributed by atoms with Gasteiger partial charge in [-0.2, -0.15) is 8.78 Å². The maximum Gasteiger partial charge on any atom is 0.310 e. The molecule has 0 radical (unpaired) electrons. The lowest BCUT2D eigenvalue weighted by Gasteiger charge is -2.10. The lowest BCUT2D eigenvalue weighted by Crippen LogP contribution is -2.14. The zero-order valence-electron chi connectivity index (χ0n) is 9.02. The third-order valence-electron chi connectivity index (χ3n) is 2.47. The number of allylic oxidation sites excluding steroid dienone is 1. The summed E-state index contributed by atoms with van der Waals surface area (Å²) < 4.78 is 31.8. The van der Waals surface area contributed by atoms with E-state index in [9.17, 15) is 8.78 Å². The van der Waals surface area contributed by atoms with Gasteiger partial charge in [0.2, 0.25) is 0 Å². The Kier molecular flexibility index (Phi) is 2.58. The van der Waals surface area contributed by atoms with Crippen molar-refractivity contribution in [1.82, 2.24) is 5.32 Å². The van der Waals surface area contributed by atoms with E-state index >= 15 is 0 Å². The molecule has 0 saturated carbocycles. The number of hydrogen-bond acceptors (Lipinski definition) is 2. The highest BCUT2D eigenvalue weighted by atomic mass is 19.3. The molecule has 0 spiro atoms. The van der Waals surface area contributed by atoms with Gasteiger partial charge in [-0.15, -0.1) is 0 Å². The second kappa shape index (κ2) is 3.77. The SMILES string of the molecule is C=C(C)NCc1cccc2c1OCC2(F)F. The van der Waals surface area contributed by atoms with Gasteiger partial charge in [0, 0.05) is 17.8 Å². The van der Waals surface area contributed by atoms with Gasteiger partial charge in [-0.05, 0) is 13.0 Å². The highest BCUT2D eigenvalue weighted by molar-refractivity contribution is 5.46. The molecule has 1 aliphatic rings. The van der Waals surface area contributed by atoms with E-state index in [1.54, 1.807) is 12.1 Å². The van der Waals surface area contributed by atoms with Crippen LogP contribution in [0.3, 0.4) is 0 Å². The maximum absolute atomic E-state index is 13.4. The van der Waals surface area contributed by atoms with Crippen LogP contribution in [0.4, 0.5) is 8.78 Å². The molecule has 16 heavy (non-hydrogen) atoms. The van der Waals surface area contributed by atoms with E-state index in [1.807, 2.05) is 6.92 Å². The molecular weight excluding hydrogens is 212 g/mol. The number of halogens is 2. The molecule has 0 aromatic heterocycles. The number of ether oxygens (including phenoxy) is 1. The summed E-state index contributed by atoms with van der Waals surface area (Å²) in [6.07, 6.45) is 0. The first-order valence-corrected chi connectivity index (χ1v) is 5.03.